The zero-order valence-electron chi connectivity index (χ0n) is 6.56. The molecule has 0 bridgehead atoms. The van der Waals surface area contributed by atoms with Gasteiger partial charge in [-0.3, -0.25) is 0 Å². The van der Waals surface area contributed by atoms with Crippen molar-refractivity contribution in [1.82, 2.24) is 0 Å². The highest BCUT2D eigenvalue weighted by molar-refractivity contribution is 9.09. The molecule has 0 saturated heterocycles. The van der Waals surface area contributed by atoms with E-state index in [1.54, 1.807) is 14.2 Å². The van der Waals surface area contributed by atoms with E-state index in [1.807, 2.05) is 13.0 Å². The first-order chi connectivity index (χ1) is 4.74. The van der Waals surface area contributed by atoms with Crippen LogP contribution in [0.4, 0.5) is 0 Å². The minimum absolute atomic E-state index is 0.211. The molecule has 0 saturated carbocycles. The molecular weight excluding hydrogens is 196 g/mol. The second-order valence-corrected chi connectivity index (χ2v) is 2.55. The van der Waals surface area contributed by atoms with Gasteiger partial charge in [-0.05, 0) is 13.0 Å². The first kappa shape index (κ1) is 10.1. The molecule has 3 heteroatoms. The molecule has 0 fully saturated rings. The summed E-state index contributed by atoms with van der Waals surface area (Å²) in [6.45, 7) is 2.01. The first-order valence-corrected chi connectivity index (χ1v) is 4.15. The van der Waals surface area contributed by atoms with Gasteiger partial charge < -0.3 is 9.47 Å². The minimum Gasteiger partial charge on any atom is -0.352 e. The fraction of sp³-hybridized carbons (Fsp3) is 0.714. The Morgan fingerprint density at radius 2 is 2.00 bits per heavy atom. The van der Waals surface area contributed by atoms with Crippen molar-refractivity contribution in [2.45, 2.75) is 13.2 Å². The molecule has 2 nitrogen and oxygen atoms in total. The lowest BCUT2D eigenvalue weighted by molar-refractivity contribution is -0.0670. The molecular formula is C7H13BrO2. The lowest BCUT2D eigenvalue weighted by Gasteiger charge is -2.08. The Balaban J connectivity index is 3.80. The third kappa shape index (κ3) is 4.04. The Morgan fingerprint density at radius 3 is 2.30 bits per heavy atom. The van der Waals surface area contributed by atoms with Crippen LogP contribution >= 0.6 is 15.9 Å². The molecule has 0 unspecified atom stereocenters. The highest BCUT2D eigenvalue weighted by Gasteiger charge is 1.98. The van der Waals surface area contributed by atoms with Gasteiger partial charge >= 0.3 is 0 Å². The summed E-state index contributed by atoms with van der Waals surface area (Å²) in [7, 11) is 3.23. The van der Waals surface area contributed by atoms with Gasteiger partial charge in [0.2, 0.25) is 0 Å². The van der Waals surface area contributed by atoms with Crippen LogP contribution in [0.2, 0.25) is 0 Å². The molecule has 0 aromatic heterocycles. The molecule has 0 aliphatic carbocycles. The van der Waals surface area contributed by atoms with Crippen LogP contribution in [0.15, 0.2) is 11.6 Å². The van der Waals surface area contributed by atoms with Crippen molar-refractivity contribution in [2.24, 2.45) is 0 Å². The van der Waals surface area contributed by atoms with Crippen molar-refractivity contribution >= 4 is 15.9 Å². The molecule has 0 spiro atoms. The minimum atomic E-state index is -0.211. The third-order valence-electron chi connectivity index (χ3n) is 1.10. The Bertz CT molecular complexity index is 108. The van der Waals surface area contributed by atoms with E-state index in [1.165, 1.54) is 5.57 Å². The summed E-state index contributed by atoms with van der Waals surface area (Å²) in [5.41, 5.74) is 1.20. The average Bonchev–Trinajstić information content (AvgIpc) is 1.99. The lowest BCUT2D eigenvalue weighted by Crippen LogP contribution is -2.09. The van der Waals surface area contributed by atoms with Gasteiger partial charge in [0.25, 0.3) is 0 Å². The summed E-state index contributed by atoms with van der Waals surface area (Å²) in [4.78, 5) is 0. The third-order valence-corrected chi connectivity index (χ3v) is 1.98. The van der Waals surface area contributed by atoms with Crippen LogP contribution in [0.5, 0.6) is 0 Å². The number of ether oxygens (including phenoxy) is 2. The zero-order chi connectivity index (χ0) is 7.98. The maximum Gasteiger partial charge on any atom is 0.176 e. The smallest absolute Gasteiger partial charge is 0.176 e. The molecule has 60 valence electrons. The van der Waals surface area contributed by atoms with E-state index in [2.05, 4.69) is 15.9 Å². The number of methoxy groups -OCH3 is 2. The number of halogens is 1. The van der Waals surface area contributed by atoms with E-state index >= 15 is 0 Å². The quantitative estimate of drug-likeness (QED) is 0.400. The molecule has 0 N–H and O–H groups in total. The first-order valence-electron chi connectivity index (χ1n) is 3.03. The molecule has 0 radical (unpaired) electrons. The lowest BCUT2D eigenvalue weighted by atomic mass is 10.3. The Hall–Kier alpha value is 0.140. The van der Waals surface area contributed by atoms with Gasteiger partial charge in [-0.2, -0.15) is 0 Å². The summed E-state index contributed by atoms with van der Waals surface area (Å²) >= 11 is 3.32. The van der Waals surface area contributed by atoms with Crippen LogP contribution in [0.25, 0.3) is 0 Å². The van der Waals surface area contributed by atoms with Crippen LogP contribution in [-0.4, -0.2) is 25.8 Å². The molecule has 10 heavy (non-hydrogen) atoms. The van der Waals surface area contributed by atoms with E-state index in [-0.39, 0.29) is 6.29 Å². The summed E-state index contributed by atoms with van der Waals surface area (Å²) in [5, 5.41) is 0.857. The van der Waals surface area contributed by atoms with Crippen molar-refractivity contribution in [2.75, 3.05) is 19.5 Å². The Kier molecular flexibility index (Phi) is 5.97. The van der Waals surface area contributed by atoms with E-state index in [4.69, 9.17) is 9.47 Å². The number of hydrogen-bond donors (Lipinski definition) is 0. The van der Waals surface area contributed by atoms with Crippen LogP contribution in [0, 0.1) is 0 Å². The predicted octanol–water partition coefficient (Wildman–Crippen LogP) is 1.95. The van der Waals surface area contributed by atoms with Crippen molar-refractivity contribution in [3.63, 3.8) is 0 Å². The van der Waals surface area contributed by atoms with Gasteiger partial charge in [0, 0.05) is 19.5 Å². The maximum atomic E-state index is 4.95. The predicted molar refractivity (Wildman–Crippen MR) is 45.4 cm³/mol. The van der Waals surface area contributed by atoms with Crippen LogP contribution < -0.4 is 0 Å². The topological polar surface area (TPSA) is 18.5 Å². The fourth-order valence-corrected chi connectivity index (χ4v) is 0.696. The average molecular weight is 209 g/mol. The molecule has 0 amide bonds. The van der Waals surface area contributed by atoms with E-state index in [0.717, 1.165) is 5.33 Å². The fourth-order valence-electron chi connectivity index (χ4n) is 0.509. The van der Waals surface area contributed by atoms with Gasteiger partial charge in [-0.15, -0.1) is 0 Å². The number of hydrogen-bond acceptors (Lipinski definition) is 2. The van der Waals surface area contributed by atoms with E-state index < -0.39 is 0 Å². The van der Waals surface area contributed by atoms with Crippen LogP contribution in [0.3, 0.4) is 0 Å². The molecule has 0 aliphatic rings. The van der Waals surface area contributed by atoms with Crippen LogP contribution in [-0.2, 0) is 9.47 Å². The molecule has 0 aromatic rings. The van der Waals surface area contributed by atoms with Crippen molar-refractivity contribution < 1.29 is 9.47 Å². The standard InChI is InChI=1S/C7H13BrO2/c1-6(5-8)4-7(9-2)10-3/h4,7H,5H2,1-3H3/b6-4+. The number of allylic oxidation sites excluding steroid dienone is 1. The molecule has 0 aliphatic heterocycles. The number of rotatable bonds is 4. The van der Waals surface area contributed by atoms with E-state index in [9.17, 15) is 0 Å². The molecule has 0 aromatic carbocycles. The summed E-state index contributed by atoms with van der Waals surface area (Å²) in [5.74, 6) is 0. The van der Waals surface area contributed by atoms with Gasteiger partial charge in [0.1, 0.15) is 0 Å². The monoisotopic (exact) mass is 208 g/mol. The van der Waals surface area contributed by atoms with Crippen molar-refractivity contribution in [3.05, 3.63) is 11.6 Å². The largest absolute Gasteiger partial charge is 0.352 e. The van der Waals surface area contributed by atoms with Gasteiger partial charge in [-0.25, -0.2) is 0 Å². The Labute approximate surface area is 70.3 Å². The Morgan fingerprint density at radius 1 is 1.50 bits per heavy atom. The van der Waals surface area contributed by atoms with Gasteiger partial charge in [-0.1, -0.05) is 21.5 Å². The zero-order valence-corrected chi connectivity index (χ0v) is 8.14. The van der Waals surface area contributed by atoms with Gasteiger partial charge in [0.15, 0.2) is 6.29 Å². The summed E-state index contributed by atoms with van der Waals surface area (Å²) in [6.07, 6.45) is 1.71. The number of alkyl halides is 1. The SMILES string of the molecule is COC(/C=C(\C)CBr)OC. The summed E-state index contributed by atoms with van der Waals surface area (Å²) < 4.78 is 9.91. The van der Waals surface area contributed by atoms with Crippen molar-refractivity contribution in [3.8, 4) is 0 Å². The van der Waals surface area contributed by atoms with E-state index in [0.29, 0.717) is 0 Å². The molecule has 0 rings (SSSR count). The second kappa shape index (κ2) is 5.89. The van der Waals surface area contributed by atoms with Gasteiger partial charge in [0.05, 0.1) is 0 Å². The molecule has 0 heterocycles. The highest BCUT2D eigenvalue weighted by Crippen LogP contribution is 2.02. The molecule has 0 atom stereocenters. The van der Waals surface area contributed by atoms with Crippen LogP contribution in [0.1, 0.15) is 6.92 Å². The summed E-state index contributed by atoms with van der Waals surface area (Å²) in [6, 6.07) is 0. The highest BCUT2D eigenvalue weighted by atomic mass is 79.9. The second-order valence-electron chi connectivity index (χ2n) is 1.99. The maximum absolute atomic E-state index is 4.95. The van der Waals surface area contributed by atoms with Crippen molar-refractivity contribution in [1.29, 1.82) is 0 Å². The normalized spacial score (nSPS) is 12.7.